The molecular formula is C20H27N3O2. The molecule has 0 aliphatic heterocycles. The number of hydrogen-bond donors (Lipinski definition) is 1. The maximum Gasteiger partial charge on any atom is 0.244 e. The highest BCUT2D eigenvalue weighted by Gasteiger charge is 2.24. The van der Waals surface area contributed by atoms with Gasteiger partial charge in [0.15, 0.2) is 0 Å². The van der Waals surface area contributed by atoms with Crippen LogP contribution in [-0.4, -0.2) is 38.3 Å². The molecule has 0 saturated heterocycles. The Kier molecular flexibility index (Phi) is 5.87. The quantitative estimate of drug-likeness (QED) is 0.878. The van der Waals surface area contributed by atoms with Gasteiger partial charge in [0.2, 0.25) is 5.91 Å². The number of likely N-dealkylation sites (N-methyl/N-ethyl adjacent to an activating group) is 1. The summed E-state index contributed by atoms with van der Waals surface area (Å²) in [6.45, 7) is 3.01. The predicted octanol–water partition coefficient (Wildman–Crippen LogP) is 3.15. The van der Waals surface area contributed by atoms with Gasteiger partial charge in [0.25, 0.3) is 0 Å². The molecule has 0 bridgehead atoms. The highest BCUT2D eigenvalue weighted by atomic mass is 16.3. The Morgan fingerprint density at radius 3 is 2.64 bits per heavy atom. The van der Waals surface area contributed by atoms with Crippen molar-refractivity contribution in [2.75, 3.05) is 6.54 Å². The first-order valence-corrected chi connectivity index (χ1v) is 9.24. The molecule has 1 aromatic carbocycles. The van der Waals surface area contributed by atoms with Gasteiger partial charge in [-0.25, -0.2) is 0 Å². The number of carbonyl (C=O) groups is 1. The van der Waals surface area contributed by atoms with E-state index in [-0.39, 0.29) is 12.5 Å². The van der Waals surface area contributed by atoms with Gasteiger partial charge >= 0.3 is 0 Å². The Balaban J connectivity index is 1.65. The molecule has 1 aliphatic rings. The summed E-state index contributed by atoms with van der Waals surface area (Å²) in [7, 11) is 0. The molecule has 3 rings (SSSR count). The van der Waals surface area contributed by atoms with Crippen LogP contribution in [0.5, 0.6) is 0 Å². The van der Waals surface area contributed by atoms with Gasteiger partial charge in [-0.05, 0) is 25.3 Å². The van der Waals surface area contributed by atoms with Crippen LogP contribution < -0.4 is 0 Å². The van der Waals surface area contributed by atoms with Crippen molar-refractivity contribution >= 4 is 5.91 Å². The standard InChI is InChI=1S/C20H27N3O2/c1-2-23(18-11-7-4-8-12-18)19(24)15-22-14-17(13-21-22)20(25)16-9-5-3-6-10-16/h3,5-6,9-10,13-14,18,20,25H,2,4,7-8,11-12,15H2,1H3. The first-order valence-electron chi connectivity index (χ1n) is 9.24. The van der Waals surface area contributed by atoms with Gasteiger partial charge < -0.3 is 10.0 Å². The topological polar surface area (TPSA) is 58.4 Å². The molecule has 1 saturated carbocycles. The molecule has 25 heavy (non-hydrogen) atoms. The number of benzene rings is 1. The summed E-state index contributed by atoms with van der Waals surface area (Å²) in [6.07, 6.45) is 8.61. The van der Waals surface area contributed by atoms with Crippen LogP contribution in [0.1, 0.15) is 56.3 Å². The van der Waals surface area contributed by atoms with Crippen molar-refractivity contribution in [2.24, 2.45) is 0 Å². The minimum Gasteiger partial charge on any atom is -0.384 e. The van der Waals surface area contributed by atoms with Crippen molar-refractivity contribution < 1.29 is 9.90 Å². The maximum atomic E-state index is 12.7. The predicted molar refractivity (Wildman–Crippen MR) is 97.0 cm³/mol. The lowest BCUT2D eigenvalue weighted by Crippen LogP contribution is -2.43. The van der Waals surface area contributed by atoms with E-state index in [1.165, 1.54) is 19.3 Å². The Morgan fingerprint density at radius 2 is 1.96 bits per heavy atom. The van der Waals surface area contributed by atoms with Gasteiger partial charge in [-0.15, -0.1) is 0 Å². The first-order chi connectivity index (χ1) is 12.2. The fraction of sp³-hybridized carbons (Fsp3) is 0.500. The normalized spacial score (nSPS) is 16.6. The Bertz CT molecular complexity index is 677. The maximum absolute atomic E-state index is 12.7. The fourth-order valence-electron chi connectivity index (χ4n) is 3.70. The number of nitrogens with zero attached hydrogens (tertiary/aromatic N) is 3. The molecule has 1 fully saturated rings. The third kappa shape index (κ3) is 4.28. The second-order valence-electron chi connectivity index (χ2n) is 6.76. The zero-order valence-corrected chi connectivity index (χ0v) is 14.8. The number of carbonyl (C=O) groups excluding carboxylic acids is 1. The molecule has 1 atom stereocenters. The second-order valence-corrected chi connectivity index (χ2v) is 6.76. The molecule has 134 valence electrons. The van der Waals surface area contributed by atoms with Gasteiger partial charge in [-0.1, -0.05) is 49.6 Å². The van der Waals surface area contributed by atoms with Crippen LogP contribution in [0.4, 0.5) is 0 Å². The molecule has 1 unspecified atom stereocenters. The van der Waals surface area contributed by atoms with Gasteiger partial charge in [0, 0.05) is 24.3 Å². The molecule has 1 aliphatic carbocycles. The molecule has 1 heterocycles. The van der Waals surface area contributed by atoms with Crippen LogP contribution >= 0.6 is 0 Å². The average Bonchev–Trinajstić information content (AvgIpc) is 3.12. The van der Waals surface area contributed by atoms with Crippen molar-refractivity contribution in [2.45, 2.75) is 57.7 Å². The van der Waals surface area contributed by atoms with Crippen molar-refractivity contribution in [1.82, 2.24) is 14.7 Å². The van der Waals surface area contributed by atoms with E-state index in [9.17, 15) is 9.90 Å². The van der Waals surface area contributed by atoms with E-state index in [2.05, 4.69) is 5.10 Å². The number of aliphatic hydroxyl groups is 1. The van der Waals surface area contributed by atoms with Crippen LogP contribution in [0.3, 0.4) is 0 Å². The molecule has 1 amide bonds. The van der Waals surface area contributed by atoms with Crippen molar-refractivity contribution in [3.63, 3.8) is 0 Å². The summed E-state index contributed by atoms with van der Waals surface area (Å²) < 4.78 is 1.63. The summed E-state index contributed by atoms with van der Waals surface area (Å²) in [5.74, 6) is 0.109. The monoisotopic (exact) mass is 341 g/mol. The third-order valence-corrected chi connectivity index (χ3v) is 5.06. The molecule has 5 heteroatoms. The third-order valence-electron chi connectivity index (χ3n) is 5.06. The summed E-state index contributed by atoms with van der Waals surface area (Å²) in [5.41, 5.74) is 1.53. The summed E-state index contributed by atoms with van der Waals surface area (Å²) >= 11 is 0. The summed E-state index contributed by atoms with van der Waals surface area (Å²) in [5, 5.41) is 14.7. The average molecular weight is 341 g/mol. The number of hydrogen-bond acceptors (Lipinski definition) is 3. The summed E-state index contributed by atoms with van der Waals surface area (Å²) in [4.78, 5) is 14.7. The summed E-state index contributed by atoms with van der Waals surface area (Å²) in [6, 6.07) is 9.86. The number of aliphatic hydroxyl groups excluding tert-OH is 1. The van der Waals surface area contributed by atoms with Crippen LogP contribution in [0.2, 0.25) is 0 Å². The van der Waals surface area contributed by atoms with Gasteiger partial charge in [-0.3, -0.25) is 9.48 Å². The lowest BCUT2D eigenvalue weighted by Gasteiger charge is -2.33. The molecule has 5 nitrogen and oxygen atoms in total. The van der Waals surface area contributed by atoms with E-state index in [0.717, 1.165) is 24.9 Å². The van der Waals surface area contributed by atoms with Crippen molar-refractivity contribution in [1.29, 1.82) is 0 Å². The number of amides is 1. The highest BCUT2D eigenvalue weighted by molar-refractivity contribution is 5.76. The van der Waals surface area contributed by atoms with E-state index in [1.807, 2.05) is 42.2 Å². The fourth-order valence-corrected chi connectivity index (χ4v) is 3.70. The van der Waals surface area contributed by atoms with Gasteiger partial charge in [0.1, 0.15) is 12.6 Å². The Hall–Kier alpha value is -2.14. The lowest BCUT2D eigenvalue weighted by molar-refractivity contribution is -0.134. The molecule has 1 N–H and O–H groups in total. The molecule has 0 spiro atoms. The Morgan fingerprint density at radius 1 is 1.24 bits per heavy atom. The largest absolute Gasteiger partial charge is 0.384 e. The molecule has 1 aromatic heterocycles. The minimum atomic E-state index is -0.717. The molecule has 0 radical (unpaired) electrons. The van der Waals surface area contributed by atoms with Crippen molar-refractivity contribution in [3.05, 3.63) is 53.9 Å². The smallest absolute Gasteiger partial charge is 0.244 e. The number of rotatable bonds is 6. The second kappa shape index (κ2) is 8.30. The van der Waals surface area contributed by atoms with Crippen LogP contribution in [-0.2, 0) is 11.3 Å². The van der Waals surface area contributed by atoms with E-state index >= 15 is 0 Å². The van der Waals surface area contributed by atoms with Crippen molar-refractivity contribution in [3.8, 4) is 0 Å². The molecular weight excluding hydrogens is 314 g/mol. The van der Waals surface area contributed by atoms with Crippen LogP contribution in [0.25, 0.3) is 0 Å². The number of aromatic nitrogens is 2. The van der Waals surface area contributed by atoms with E-state index in [0.29, 0.717) is 11.6 Å². The SMILES string of the molecule is CCN(C(=O)Cn1cc(C(O)c2ccccc2)cn1)C1CCCCC1. The molecule has 2 aromatic rings. The van der Waals surface area contributed by atoms with Crippen LogP contribution in [0.15, 0.2) is 42.7 Å². The van der Waals surface area contributed by atoms with Gasteiger partial charge in [0.05, 0.1) is 6.20 Å². The highest BCUT2D eigenvalue weighted by Crippen LogP contribution is 2.23. The van der Waals surface area contributed by atoms with E-state index in [1.54, 1.807) is 17.1 Å². The zero-order chi connectivity index (χ0) is 17.6. The Labute approximate surface area is 149 Å². The van der Waals surface area contributed by atoms with E-state index < -0.39 is 6.10 Å². The lowest BCUT2D eigenvalue weighted by atomic mass is 9.94. The van der Waals surface area contributed by atoms with Crippen LogP contribution in [0, 0.1) is 0 Å². The van der Waals surface area contributed by atoms with E-state index in [4.69, 9.17) is 0 Å². The zero-order valence-electron chi connectivity index (χ0n) is 14.8. The first kappa shape index (κ1) is 17.7. The van der Waals surface area contributed by atoms with Gasteiger partial charge in [-0.2, -0.15) is 5.10 Å². The minimum absolute atomic E-state index is 0.109.